The lowest BCUT2D eigenvalue weighted by molar-refractivity contribution is 0.161. The Morgan fingerprint density at radius 2 is 1.67 bits per heavy atom. The maximum absolute atomic E-state index is 9.97. The number of ether oxygens (including phenoxy) is 2. The minimum Gasteiger partial charge on any atom is -0.497 e. The first-order chi connectivity index (χ1) is 8.69. The number of hydrogen-bond acceptors (Lipinski definition) is 3. The van der Waals surface area contributed by atoms with Crippen molar-refractivity contribution >= 4 is 0 Å². The van der Waals surface area contributed by atoms with Crippen LogP contribution in [-0.2, 0) is 6.42 Å². The number of unbranched alkanes of at least 4 members (excludes halogenated alkanes) is 2. The highest BCUT2D eigenvalue weighted by molar-refractivity contribution is 5.38. The summed E-state index contributed by atoms with van der Waals surface area (Å²) in [5.74, 6) is 1.54. The first kappa shape index (κ1) is 14.8. The van der Waals surface area contributed by atoms with Crippen LogP contribution in [0.25, 0.3) is 0 Å². The third kappa shape index (κ3) is 4.96. The summed E-state index contributed by atoms with van der Waals surface area (Å²) in [7, 11) is 3.27. The van der Waals surface area contributed by atoms with E-state index >= 15 is 0 Å². The molecule has 1 atom stereocenters. The standard InChI is InChI=1S/C15H24O3/c1-4-5-6-7-13(16)8-12-9-14(17-2)11-15(10-12)18-3/h9-11,13,16H,4-8H2,1-3H3/t13-/m1/s1. The van der Waals surface area contributed by atoms with Gasteiger partial charge in [-0.2, -0.15) is 0 Å². The van der Waals surface area contributed by atoms with E-state index in [1.165, 1.54) is 12.8 Å². The Kier molecular flexibility index (Phi) is 6.58. The number of rotatable bonds is 8. The molecule has 3 nitrogen and oxygen atoms in total. The predicted molar refractivity (Wildman–Crippen MR) is 73.4 cm³/mol. The second kappa shape index (κ2) is 7.98. The summed E-state index contributed by atoms with van der Waals surface area (Å²) in [5.41, 5.74) is 1.05. The van der Waals surface area contributed by atoms with Crippen LogP contribution < -0.4 is 9.47 Å². The van der Waals surface area contributed by atoms with Gasteiger partial charge in [0.05, 0.1) is 20.3 Å². The monoisotopic (exact) mass is 252 g/mol. The van der Waals surface area contributed by atoms with Gasteiger partial charge in [-0.05, 0) is 30.5 Å². The molecule has 0 spiro atoms. The van der Waals surface area contributed by atoms with E-state index in [0.29, 0.717) is 6.42 Å². The van der Waals surface area contributed by atoms with Crippen LogP contribution in [0.1, 0.15) is 38.2 Å². The van der Waals surface area contributed by atoms with Crippen LogP contribution in [0.5, 0.6) is 11.5 Å². The Bertz CT molecular complexity index is 327. The maximum Gasteiger partial charge on any atom is 0.122 e. The van der Waals surface area contributed by atoms with Crippen molar-refractivity contribution < 1.29 is 14.6 Å². The normalized spacial score (nSPS) is 12.2. The molecule has 1 N–H and O–H groups in total. The van der Waals surface area contributed by atoms with E-state index in [1.54, 1.807) is 14.2 Å². The van der Waals surface area contributed by atoms with Crippen LogP contribution in [-0.4, -0.2) is 25.4 Å². The van der Waals surface area contributed by atoms with E-state index in [9.17, 15) is 5.11 Å². The summed E-state index contributed by atoms with van der Waals surface area (Å²) < 4.78 is 10.4. The summed E-state index contributed by atoms with van der Waals surface area (Å²) >= 11 is 0. The minimum absolute atomic E-state index is 0.284. The fourth-order valence-electron chi connectivity index (χ4n) is 1.99. The van der Waals surface area contributed by atoms with Gasteiger partial charge >= 0.3 is 0 Å². The lowest BCUT2D eigenvalue weighted by Gasteiger charge is -2.12. The second-order valence-corrected chi connectivity index (χ2v) is 4.57. The molecule has 0 aliphatic heterocycles. The van der Waals surface area contributed by atoms with E-state index in [2.05, 4.69) is 6.92 Å². The molecule has 0 bridgehead atoms. The summed E-state index contributed by atoms with van der Waals surface area (Å²) in [6, 6.07) is 5.74. The fourth-order valence-corrected chi connectivity index (χ4v) is 1.99. The molecule has 1 aromatic rings. The summed E-state index contributed by atoms with van der Waals surface area (Å²) in [6.45, 7) is 2.17. The number of hydrogen-bond donors (Lipinski definition) is 1. The first-order valence-electron chi connectivity index (χ1n) is 6.59. The van der Waals surface area contributed by atoms with Crippen molar-refractivity contribution in [2.24, 2.45) is 0 Å². The predicted octanol–water partition coefficient (Wildman–Crippen LogP) is 3.19. The zero-order valence-corrected chi connectivity index (χ0v) is 11.6. The van der Waals surface area contributed by atoms with Crippen molar-refractivity contribution in [3.05, 3.63) is 23.8 Å². The van der Waals surface area contributed by atoms with Gasteiger partial charge in [0.15, 0.2) is 0 Å². The molecule has 0 radical (unpaired) electrons. The molecular formula is C15H24O3. The average molecular weight is 252 g/mol. The van der Waals surface area contributed by atoms with E-state index in [-0.39, 0.29) is 6.10 Å². The Morgan fingerprint density at radius 1 is 1.06 bits per heavy atom. The quantitative estimate of drug-likeness (QED) is 0.722. The van der Waals surface area contributed by atoms with Gasteiger partial charge in [-0.3, -0.25) is 0 Å². The molecule has 0 saturated carbocycles. The Hall–Kier alpha value is -1.22. The number of aliphatic hydroxyl groups excluding tert-OH is 1. The largest absolute Gasteiger partial charge is 0.497 e. The van der Waals surface area contributed by atoms with Crippen molar-refractivity contribution in [2.45, 2.75) is 45.1 Å². The van der Waals surface area contributed by atoms with Crippen LogP contribution in [0.15, 0.2) is 18.2 Å². The number of aliphatic hydroxyl groups is 1. The molecule has 102 valence electrons. The second-order valence-electron chi connectivity index (χ2n) is 4.57. The Morgan fingerprint density at radius 3 is 2.17 bits per heavy atom. The SMILES string of the molecule is CCCCC[C@@H](O)Cc1cc(OC)cc(OC)c1. The third-order valence-electron chi connectivity index (χ3n) is 3.02. The molecule has 0 heterocycles. The summed E-state index contributed by atoms with van der Waals surface area (Å²) in [6.07, 6.45) is 4.66. The zero-order chi connectivity index (χ0) is 13.4. The van der Waals surface area contributed by atoms with Gasteiger partial charge in [0.25, 0.3) is 0 Å². The van der Waals surface area contributed by atoms with Crippen LogP contribution in [0, 0.1) is 0 Å². The maximum atomic E-state index is 9.97. The summed E-state index contributed by atoms with van der Waals surface area (Å²) in [4.78, 5) is 0. The molecule has 3 heteroatoms. The van der Waals surface area contributed by atoms with Crippen molar-refractivity contribution in [2.75, 3.05) is 14.2 Å². The lowest BCUT2D eigenvalue weighted by Crippen LogP contribution is -2.10. The van der Waals surface area contributed by atoms with Gasteiger partial charge in [0.1, 0.15) is 11.5 Å². The van der Waals surface area contributed by atoms with Gasteiger partial charge < -0.3 is 14.6 Å². The smallest absolute Gasteiger partial charge is 0.122 e. The Labute approximate surface area is 110 Å². The molecular weight excluding hydrogens is 228 g/mol. The minimum atomic E-state index is -0.284. The van der Waals surface area contributed by atoms with E-state index in [1.807, 2.05) is 18.2 Å². The molecule has 0 fully saturated rings. The van der Waals surface area contributed by atoms with Crippen molar-refractivity contribution in [1.82, 2.24) is 0 Å². The molecule has 1 rings (SSSR count). The van der Waals surface area contributed by atoms with E-state index in [0.717, 1.165) is 29.9 Å². The van der Waals surface area contributed by atoms with Crippen molar-refractivity contribution in [3.8, 4) is 11.5 Å². The van der Waals surface area contributed by atoms with Gasteiger partial charge in [0.2, 0.25) is 0 Å². The van der Waals surface area contributed by atoms with E-state index < -0.39 is 0 Å². The van der Waals surface area contributed by atoms with Gasteiger partial charge in [-0.25, -0.2) is 0 Å². The first-order valence-corrected chi connectivity index (χ1v) is 6.59. The highest BCUT2D eigenvalue weighted by atomic mass is 16.5. The zero-order valence-electron chi connectivity index (χ0n) is 11.6. The molecule has 0 aliphatic carbocycles. The molecule has 1 aromatic carbocycles. The van der Waals surface area contributed by atoms with Crippen LogP contribution >= 0.6 is 0 Å². The van der Waals surface area contributed by atoms with Crippen LogP contribution in [0.3, 0.4) is 0 Å². The van der Waals surface area contributed by atoms with Gasteiger partial charge in [-0.1, -0.05) is 26.2 Å². The highest BCUT2D eigenvalue weighted by Crippen LogP contribution is 2.23. The highest BCUT2D eigenvalue weighted by Gasteiger charge is 2.08. The fraction of sp³-hybridized carbons (Fsp3) is 0.600. The van der Waals surface area contributed by atoms with Crippen LogP contribution in [0.4, 0.5) is 0 Å². The number of benzene rings is 1. The lowest BCUT2D eigenvalue weighted by atomic mass is 10.0. The number of methoxy groups -OCH3 is 2. The van der Waals surface area contributed by atoms with Crippen LogP contribution in [0.2, 0.25) is 0 Å². The van der Waals surface area contributed by atoms with Crippen molar-refractivity contribution in [1.29, 1.82) is 0 Å². The molecule has 0 unspecified atom stereocenters. The molecule has 0 aromatic heterocycles. The topological polar surface area (TPSA) is 38.7 Å². The van der Waals surface area contributed by atoms with E-state index in [4.69, 9.17) is 9.47 Å². The molecule has 0 aliphatic rings. The van der Waals surface area contributed by atoms with Gasteiger partial charge in [0, 0.05) is 6.07 Å². The average Bonchev–Trinajstić information content (AvgIpc) is 2.38. The molecule has 0 saturated heterocycles. The third-order valence-corrected chi connectivity index (χ3v) is 3.02. The molecule has 18 heavy (non-hydrogen) atoms. The molecule has 0 amide bonds. The van der Waals surface area contributed by atoms with Gasteiger partial charge in [-0.15, -0.1) is 0 Å². The summed E-state index contributed by atoms with van der Waals surface area (Å²) in [5, 5.41) is 9.97. The van der Waals surface area contributed by atoms with Crippen molar-refractivity contribution in [3.63, 3.8) is 0 Å². The Balaban J connectivity index is 2.59.